The van der Waals surface area contributed by atoms with Crippen LogP contribution in [0.4, 0.5) is 5.82 Å². The van der Waals surface area contributed by atoms with Gasteiger partial charge < -0.3 is 10.2 Å². The van der Waals surface area contributed by atoms with Crippen LogP contribution >= 0.6 is 0 Å². The summed E-state index contributed by atoms with van der Waals surface area (Å²) < 4.78 is 0. The summed E-state index contributed by atoms with van der Waals surface area (Å²) in [7, 11) is 0. The highest BCUT2D eigenvalue weighted by molar-refractivity contribution is 5.73. The number of carbonyl (C=O) groups excluding carboxylic acids is 1. The number of aromatic nitrogens is 2. The van der Waals surface area contributed by atoms with Crippen molar-refractivity contribution >= 4 is 11.7 Å². The standard InChI is InChI=1S/C24H30N4O/c1-17(29)28-15-13-24(14-16-28)12-11-20-21(24)26-22(18-7-3-2-4-8-18)27-23(20)25-19-9-5-6-10-19/h2-4,7-8,19H,5-6,9-16H2,1H3,(H,25,26,27). The molecule has 152 valence electrons. The van der Waals surface area contributed by atoms with Crippen molar-refractivity contribution in [2.24, 2.45) is 0 Å². The predicted octanol–water partition coefficient (Wildman–Crippen LogP) is 4.32. The van der Waals surface area contributed by atoms with E-state index in [9.17, 15) is 4.79 Å². The van der Waals surface area contributed by atoms with Gasteiger partial charge in [0.1, 0.15) is 5.82 Å². The second kappa shape index (κ2) is 7.43. The van der Waals surface area contributed by atoms with Crippen LogP contribution in [-0.4, -0.2) is 39.9 Å². The summed E-state index contributed by atoms with van der Waals surface area (Å²) >= 11 is 0. The summed E-state index contributed by atoms with van der Waals surface area (Å²) in [5.41, 5.74) is 3.75. The number of hydrogen-bond acceptors (Lipinski definition) is 4. The number of carbonyl (C=O) groups is 1. The number of nitrogens with one attached hydrogen (secondary N) is 1. The third-order valence-electron chi connectivity index (χ3n) is 7.26. The molecule has 0 radical (unpaired) electrons. The molecule has 1 spiro atoms. The second-order valence-corrected chi connectivity index (χ2v) is 9.00. The number of benzene rings is 1. The number of anilines is 1. The molecular formula is C24H30N4O. The average molecular weight is 391 g/mol. The van der Waals surface area contributed by atoms with Crippen molar-refractivity contribution in [3.05, 3.63) is 41.6 Å². The Morgan fingerprint density at radius 3 is 2.48 bits per heavy atom. The highest BCUT2D eigenvalue weighted by Gasteiger charge is 2.44. The molecule has 1 aromatic carbocycles. The predicted molar refractivity (Wildman–Crippen MR) is 115 cm³/mol. The van der Waals surface area contributed by atoms with Crippen LogP contribution in [0.3, 0.4) is 0 Å². The van der Waals surface area contributed by atoms with Crippen molar-refractivity contribution in [3.8, 4) is 11.4 Å². The molecule has 1 aromatic heterocycles. The Hall–Kier alpha value is -2.43. The Morgan fingerprint density at radius 1 is 1.07 bits per heavy atom. The second-order valence-electron chi connectivity index (χ2n) is 9.00. The van der Waals surface area contributed by atoms with Crippen molar-refractivity contribution in [1.82, 2.24) is 14.9 Å². The molecule has 2 aliphatic carbocycles. The zero-order chi connectivity index (χ0) is 19.8. The first-order valence-electron chi connectivity index (χ1n) is 11.1. The van der Waals surface area contributed by atoms with Crippen LogP contribution in [-0.2, 0) is 16.6 Å². The van der Waals surface area contributed by atoms with E-state index in [0.29, 0.717) is 6.04 Å². The first-order chi connectivity index (χ1) is 14.1. The highest BCUT2D eigenvalue weighted by Crippen LogP contribution is 2.47. The molecule has 3 aliphatic rings. The van der Waals surface area contributed by atoms with Gasteiger partial charge in [-0.15, -0.1) is 0 Å². The first kappa shape index (κ1) is 18.6. The number of fused-ring (bicyclic) bond motifs is 2. The number of nitrogens with zero attached hydrogens (tertiary/aromatic N) is 3. The molecule has 29 heavy (non-hydrogen) atoms. The van der Waals surface area contributed by atoms with Gasteiger partial charge in [0.05, 0.1) is 5.69 Å². The summed E-state index contributed by atoms with van der Waals surface area (Å²) in [4.78, 5) is 24.0. The molecule has 0 atom stereocenters. The molecule has 1 saturated carbocycles. The molecule has 0 unspecified atom stereocenters. The monoisotopic (exact) mass is 390 g/mol. The fraction of sp³-hybridized carbons (Fsp3) is 0.542. The quantitative estimate of drug-likeness (QED) is 0.848. The van der Waals surface area contributed by atoms with Crippen LogP contribution < -0.4 is 5.32 Å². The Labute approximate surface area is 172 Å². The van der Waals surface area contributed by atoms with E-state index in [1.54, 1.807) is 6.92 Å². The Bertz CT molecular complexity index is 897. The molecule has 1 amide bonds. The average Bonchev–Trinajstić information content (AvgIpc) is 3.38. The van der Waals surface area contributed by atoms with Gasteiger partial charge >= 0.3 is 0 Å². The molecule has 1 N–H and O–H groups in total. The topological polar surface area (TPSA) is 58.1 Å². The van der Waals surface area contributed by atoms with E-state index >= 15 is 0 Å². The maximum Gasteiger partial charge on any atom is 0.219 e. The number of hydrogen-bond donors (Lipinski definition) is 1. The minimum atomic E-state index is 0.0971. The lowest BCUT2D eigenvalue weighted by Crippen LogP contribution is -2.43. The summed E-state index contributed by atoms with van der Waals surface area (Å²) in [6.07, 6.45) is 9.26. The van der Waals surface area contributed by atoms with Crippen molar-refractivity contribution in [3.63, 3.8) is 0 Å². The number of amides is 1. The van der Waals surface area contributed by atoms with Crippen LogP contribution in [0.2, 0.25) is 0 Å². The zero-order valence-corrected chi connectivity index (χ0v) is 17.3. The van der Waals surface area contributed by atoms with Crippen LogP contribution in [0.15, 0.2) is 30.3 Å². The molecule has 2 heterocycles. The number of rotatable bonds is 3. The molecule has 5 rings (SSSR count). The van der Waals surface area contributed by atoms with E-state index in [-0.39, 0.29) is 11.3 Å². The van der Waals surface area contributed by atoms with Gasteiger partial charge in [0.25, 0.3) is 0 Å². The third kappa shape index (κ3) is 3.41. The summed E-state index contributed by atoms with van der Waals surface area (Å²) in [6.45, 7) is 3.36. The van der Waals surface area contributed by atoms with Crippen molar-refractivity contribution in [2.45, 2.75) is 69.7 Å². The lowest BCUT2D eigenvalue weighted by molar-refractivity contribution is -0.130. The van der Waals surface area contributed by atoms with Gasteiger partial charge in [0.2, 0.25) is 5.91 Å². The van der Waals surface area contributed by atoms with Gasteiger partial charge in [-0.05, 0) is 38.5 Å². The Morgan fingerprint density at radius 2 is 1.79 bits per heavy atom. The smallest absolute Gasteiger partial charge is 0.219 e. The lowest BCUT2D eigenvalue weighted by Gasteiger charge is -2.39. The van der Waals surface area contributed by atoms with Gasteiger partial charge in [-0.1, -0.05) is 43.2 Å². The van der Waals surface area contributed by atoms with Gasteiger partial charge in [0.15, 0.2) is 5.82 Å². The third-order valence-corrected chi connectivity index (χ3v) is 7.26. The van der Waals surface area contributed by atoms with E-state index < -0.39 is 0 Å². The van der Waals surface area contributed by atoms with E-state index in [2.05, 4.69) is 29.6 Å². The van der Waals surface area contributed by atoms with Gasteiger partial charge in [0, 0.05) is 42.6 Å². The number of piperidine rings is 1. The van der Waals surface area contributed by atoms with Crippen molar-refractivity contribution in [2.75, 3.05) is 18.4 Å². The van der Waals surface area contributed by atoms with Crippen LogP contribution in [0.25, 0.3) is 11.4 Å². The summed E-state index contributed by atoms with van der Waals surface area (Å²) in [6, 6.07) is 10.9. The van der Waals surface area contributed by atoms with Crippen molar-refractivity contribution < 1.29 is 4.79 Å². The molecule has 2 aromatic rings. The first-order valence-corrected chi connectivity index (χ1v) is 11.1. The minimum Gasteiger partial charge on any atom is -0.367 e. The summed E-state index contributed by atoms with van der Waals surface area (Å²) in [5, 5.41) is 3.78. The van der Waals surface area contributed by atoms with E-state index in [4.69, 9.17) is 9.97 Å². The highest BCUT2D eigenvalue weighted by atomic mass is 16.2. The fourth-order valence-electron chi connectivity index (χ4n) is 5.48. The fourth-order valence-corrected chi connectivity index (χ4v) is 5.48. The molecule has 1 saturated heterocycles. The molecule has 5 heteroatoms. The van der Waals surface area contributed by atoms with Crippen LogP contribution in [0.5, 0.6) is 0 Å². The SMILES string of the molecule is CC(=O)N1CCC2(CCc3c(NC4CCCC4)nc(-c4ccccc4)nc32)CC1. The molecule has 5 nitrogen and oxygen atoms in total. The minimum absolute atomic E-state index is 0.0971. The van der Waals surface area contributed by atoms with E-state index in [0.717, 1.165) is 56.0 Å². The van der Waals surface area contributed by atoms with E-state index in [1.165, 1.54) is 36.9 Å². The molecular weight excluding hydrogens is 360 g/mol. The molecule has 0 bridgehead atoms. The Balaban J connectivity index is 1.54. The zero-order valence-electron chi connectivity index (χ0n) is 17.3. The summed E-state index contributed by atoms with van der Waals surface area (Å²) in [5.74, 6) is 2.08. The van der Waals surface area contributed by atoms with Gasteiger partial charge in [-0.3, -0.25) is 4.79 Å². The maximum absolute atomic E-state index is 11.8. The normalized spacial score (nSPS) is 20.8. The van der Waals surface area contributed by atoms with Crippen LogP contribution in [0, 0.1) is 0 Å². The number of likely N-dealkylation sites (tertiary alicyclic amines) is 1. The van der Waals surface area contributed by atoms with Crippen molar-refractivity contribution in [1.29, 1.82) is 0 Å². The Kier molecular flexibility index (Phi) is 4.76. The largest absolute Gasteiger partial charge is 0.367 e. The van der Waals surface area contributed by atoms with Gasteiger partial charge in [-0.25, -0.2) is 9.97 Å². The van der Waals surface area contributed by atoms with Gasteiger partial charge in [-0.2, -0.15) is 0 Å². The maximum atomic E-state index is 11.8. The van der Waals surface area contributed by atoms with Crippen LogP contribution in [0.1, 0.15) is 63.1 Å². The lowest BCUT2D eigenvalue weighted by atomic mass is 9.76. The van der Waals surface area contributed by atoms with E-state index in [1.807, 2.05) is 11.0 Å². The molecule has 2 fully saturated rings. The molecule has 1 aliphatic heterocycles.